The lowest BCUT2D eigenvalue weighted by Crippen LogP contribution is -2.09. The third kappa shape index (κ3) is 3.85. The topological polar surface area (TPSA) is 46.2 Å². The highest BCUT2D eigenvalue weighted by Gasteiger charge is 2.02. The van der Waals surface area contributed by atoms with Crippen LogP contribution in [0.15, 0.2) is 24.3 Å². The molecular weight excluding hydrogens is 202 g/mol. The molecular formula is C13H17NO2. The average Bonchev–Trinajstić information content (AvgIpc) is 2.31. The summed E-state index contributed by atoms with van der Waals surface area (Å²) in [5.41, 5.74) is 1.76. The molecule has 0 fully saturated rings. The summed E-state index contributed by atoms with van der Waals surface area (Å²) in [6, 6.07) is 7.40. The van der Waals surface area contributed by atoms with Gasteiger partial charge in [-0.1, -0.05) is 26.0 Å². The molecule has 0 aliphatic carbocycles. The van der Waals surface area contributed by atoms with E-state index in [1.807, 2.05) is 38.1 Å². The van der Waals surface area contributed by atoms with Gasteiger partial charge in [-0.3, -0.25) is 9.59 Å². The molecule has 0 radical (unpaired) electrons. The molecule has 0 aliphatic heterocycles. The van der Waals surface area contributed by atoms with Gasteiger partial charge in [-0.05, 0) is 17.7 Å². The molecule has 1 rings (SSSR count). The molecule has 3 nitrogen and oxygen atoms in total. The highest BCUT2D eigenvalue weighted by atomic mass is 16.1. The Labute approximate surface area is 95.9 Å². The predicted octanol–water partition coefficient (Wildman–Crippen LogP) is 2.56. The lowest BCUT2D eigenvalue weighted by Gasteiger charge is -2.04. The predicted molar refractivity (Wildman–Crippen MR) is 64.4 cm³/mol. The molecule has 1 amide bonds. The molecule has 0 aliphatic rings. The van der Waals surface area contributed by atoms with Crippen molar-refractivity contribution in [2.45, 2.75) is 33.1 Å². The fourth-order valence-corrected chi connectivity index (χ4v) is 1.31. The molecule has 0 saturated heterocycles. The van der Waals surface area contributed by atoms with Gasteiger partial charge >= 0.3 is 0 Å². The number of benzene rings is 1. The number of nitrogens with one attached hydrogen (secondary N) is 1. The standard InChI is InChI=1S/C13H17NO2/c1-3-12(15)9-10-5-7-11(8-6-10)14-13(16)4-2/h5-8H,3-4,9H2,1-2H3,(H,14,16). The Hall–Kier alpha value is -1.64. The van der Waals surface area contributed by atoms with Crippen LogP contribution in [0.25, 0.3) is 0 Å². The molecule has 0 bridgehead atoms. The van der Waals surface area contributed by atoms with Crippen molar-refractivity contribution in [1.82, 2.24) is 0 Å². The second-order valence-corrected chi connectivity index (χ2v) is 3.67. The van der Waals surface area contributed by atoms with Crippen LogP contribution in [0.5, 0.6) is 0 Å². The van der Waals surface area contributed by atoms with Crippen molar-refractivity contribution in [2.75, 3.05) is 5.32 Å². The minimum atomic E-state index is -0.00242. The zero-order chi connectivity index (χ0) is 12.0. The van der Waals surface area contributed by atoms with Gasteiger partial charge in [-0.15, -0.1) is 0 Å². The fraction of sp³-hybridized carbons (Fsp3) is 0.385. The van der Waals surface area contributed by atoms with Crippen LogP contribution in [0.2, 0.25) is 0 Å². The molecule has 0 heterocycles. The van der Waals surface area contributed by atoms with Gasteiger partial charge in [-0.2, -0.15) is 0 Å². The number of anilines is 1. The van der Waals surface area contributed by atoms with Gasteiger partial charge in [0.2, 0.25) is 5.91 Å². The molecule has 0 saturated carbocycles. The Balaban J connectivity index is 2.60. The van der Waals surface area contributed by atoms with Crippen LogP contribution in [-0.2, 0) is 16.0 Å². The maximum absolute atomic E-state index is 11.2. The zero-order valence-corrected chi connectivity index (χ0v) is 9.75. The molecule has 0 atom stereocenters. The third-order valence-corrected chi connectivity index (χ3v) is 2.35. The monoisotopic (exact) mass is 219 g/mol. The number of carbonyl (C=O) groups is 2. The summed E-state index contributed by atoms with van der Waals surface area (Å²) in [5, 5.41) is 2.76. The van der Waals surface area contributed by atoms with E-state index in [4.69, 9.17) is 0 Å². The first-order valence-corrected chi connectivity index (χ1v) is 5.56. The van der Waals surface area contributed by atoms with Crippen molar-refractivity contribution in [3.05, 3.63) is 29.8 Å². The SMILES string of the molecule is CCC(=O)Cc1ccc(NC(=O)CC)cc1. The quantitative estimate of drug-likeness (QED) is 0.827. The van der Waals surface area contributed by atoms with E-state index in [9.17, 15) is 9.59 Å². The van der Waals surface area contributed by atoms with Crippen molar-refractivity contribution < 1.29 is 9.59 Å². The number of carbonyl (C=O) groups excluding carboxylic acids is 2. The number of amides is 1. The summed E-state index contributed by atoms with van der Waals surface area (Å²) in [5.74, 6) is 0.225. The highest BCUT2D eigenvalue weighted by molar-refractivity contribution is 5.90. The van der Waals surface area contributed by atoms with Gasteiger partial charge in [0, 0.05) is 24.9 Å². The Morgan fingerprint density at radius 1 is 1.06 bits per heavy atom. The molecule has 1 aromatic carbocycles. The van der Waals surface area contributed by atoms with Crippen LogP contribution < -0.4 is 5.32 Å². The van der Waals surface area contributed by atoms with E-state index in [0.29, 0.717) is 19.3 Å². The molecule has 86 valence electrons. The lowest BCUT2D eigenvalue weighted by atomic mass is 10.1. The van der Waals surface area contributed by atoms with Gasteiger partial charge in [0.25, 0.3) is 0 Å². The third-order valence-electron chi connectivity index (χ3n) is 2.35. The van der Waals surface area contributed by atoms with Crippen LogP contribution in [0.1, 0.15) is 32.3 Å². The molecule has 1 aromatic rings. The van der Waals surface area contributed by atoms with Crippen LogP contribution in [-0.4, -0.2) is 11.7 Å². The molecule has 1 N–H and O–H groups in total. The minimum Gasteiger partial charge on any atom is -0.326 e. The summed E-state index contributed by atoms with van der Waals surface area (Å²) in [6.07, 6.45) is 1.50. The maximum Gasteiger partial charge on any atom is 0.224 e. The number of ketones is 1. The fourth-order valence-electron chi connectivity index (χ4n) is 1.31. The van der Waals surface area contributed by atoms with Crippen molar-refractivity contribution in [3.63, 3.8) is 0 Å². The number of Topliss-reactive ketones (excluding diaryl/α,β-unsaturated/α-hetero) is 1. The Morgan fingerprint density at radius 3 is 2.19 bits per heavy atom. The molecule has 16 heavy (non-hydrogen) atoms. The summed E-state index contributed by atoms with van der Waals surface area (Å²) >= 11 is 0. The maximum atomic E-state index is 11.2. The number of hydrogen-bond donors (Lipinski definition) is 1. The van der Waals surface area contributed by atoms with Gasteiger partial charge in [-0.25, -0.2) is 0 Å². The van der Waals surface area contributed by atoms with Crippen molar-refractivity contribution >= 4 is 17.4 Å². The van der Waals surface area contributed by atoms with E-state index in [2.05, 4.69) is 5.32 Å². The minimum absolute atomic E-state index is 0.00242. The van der Waals surface area contributed by atoms with E-state index in [1.54, 1.807) is 0 Å². The van der Waals surface area contributed by atoms with Crippen LogP contribution in [0, 0.1) is 0 Å². The van der Waals surface area contributed by atoms with Gasteiger partial charge in [0.15, 0.2) is 0 Å². The first-order valence-electron chi connectivity index (χ1n) is 5.56. The van der Waals surface area contributed by atoms with Crippen molar-refractivity contribution in [2.24, 2.45) is 0 Å². The van der Waals surface area contributed by atoms with Crippen molar-refractivity contribution in [1.29, 1.82) is 0 Å². The van der Waals surface area contributed by atoms with Crippen LogP contribution in [0.4, 0.5) is 5.69 Å². The van der Waals surface area contributed by atoms with E-state index in [0.717, 1.165) is 11.3 Å². The van der Waals surface area contributed by atoms with Gasteiger partial charge in [0.1, 0.15) is 5.78 Å². The largest absolute Gasteiger partial charge is 0.326 e. The summed E-state index contributed by atoms with van der Waals surface area (Å²) in [6.45, 7) is 3.67. The molecule has 0 spiro atoms. The summed E-state index contributed by atoms with van der Waals surface area (Å²) in [4.78, 5) is 22.3. The zero-order valence-electron chi connectivity index (χ0n) is 9.75. The van der Waals surface area contributed by atoms with Crippen LogP contribution >= 0.6 is 0 Å². The number of rotatable bonds is 5. The summed E-state index contributed by atoms with van der Waals surface area (Å²) in [7, 11) is 0. The van der Waals surface area contributed by atoms with E-state index in [-0.39, 0.29) is 11.7 Å². The van der Waals surface area contributed by atoms with Gasteiger partial charge < -0.3 is 5.32 Å². The van der Waals surface area contributed by atoms with Crippen LogP contribution in [0.3, 0.4) is 0 Å². The van der Waals surface area contributed by atoms with Crippen molar-refractivity contribution in [3.8, 4) is 0 Å². The normalized spacial score (nSPS) is 9.88. The Bertz CT molecular complexity index is 331. The van der Waals surface area contributed by atoms with E-state index >= 15 is 0 Å². The Kier molecular flexibility index (Phi) is 4.70. The van der Waals surface area contributed by atoms with E-state index in [1.165, 1.54) is 0 Å². The first-order chi connectivity index (χ1) is 7.65. The molecule has 0 unspecified atom stereocenters. The second-order valence-electron chi connectivity index (χ2n) is 3.67. The lowest BCUT2D eigenvalue weighted by molar-refractivity contribution is -0.118. The highest BCUT2D eigenvalue weighted by Crippen LogP contribution is 2.11. The average molecular weight is 219 g/mol. The molecule has 0 aromatic heterocycles. The molecule has 3 heteroatoms. The van der Waals surface area contributed by atoms with E-state index < -0.39 is 0 Å². The summed E-state index contributed by atoms with van der Waals surface area (Å²) < 4.78 is 0. The number of hydrogen-bond acceptors (Lipinski definition) is 2. The Morgan fingerprint density at radius 2 is 1.69 bits per heavy atom. The van der Waals surface area contributed by atoms with Gasteiger partial charge in [0.05, 0.1) is 0 Å². The smallest absolute Gasteiger partial charge is 0.224 e. The first kappa shape index (κ1) is 12.4. The second kappa shape index (κ2) is 6.05.